The van der Waals surface area contributed by atoms with Gasteiger partial charge in [0.2, 0.25) is 5.91 Å². The van der Waals surface area contributed by atoms with Gasteiger partial charge in [0.05, 0.1) is 16.0 Å². The van der Waals surface area contributed by atoms with Crippen LogP contribution in [0.2, 0.25) is 0 Å². The Morgan fingerprint density at radius 2 is 1.70 bits per heavy atom. The maximum Gasteiger partial charge on any atom is 0.272 e. The lowest BCUT2D eigenvalue weighted by Crippen LogP contribution is -2.30. The second-order valence-corrected chi connectivity index (χ2v) is 10.5. The first-order valence-electron chi connectivity index (χ1n) is 12.2. The minimum absolute atomic E-state index is 0.0649. The van der Waals surface area contributed by atoms with Crippen molar-refractivity contribution in [2.75, 3.05) is 16.4 Å². The monoisotopic (exact) mass is 565 g/mol. The van der Waals surface area contributed by atoms with Crippen molar-refractivity contribution in [2.24, 2.45) is 0 Å². The Hall–Kier alpha value is -4.80. The summed E-state index contributed by atoms with van der Waals surface area (Å²) in [5.74, 6) is -0.908. The van der Waals surface area contributed by atoms with Crippen LogP contribution in [0.1, 0.15) is 15.9 Å². The molecule has 3 amide bonds. The molecule has 5 rings (SSSR count). The molecule has 2 aromatic heterocycles. The second-order valence-electron chi connectivity index (χ2n) is 8.47. The van der Waals surface area contributed by atoms with Crippen molar-refractivity contribution in [2.45, 2.75) is 4.90 Å². The topological polar surface area (TPSA) is 113 Å². The van der Waals surface area contributed by atoms with Gasteiger partial charge in [-0.15, -0.1) is 11.8 Å². The molecule has 0 aliphatic rings. The van der Waals surface area contributed by atoms with Gasteiger partial charge in [0.25, 0.3) is 11.8 Å². The van der Waals surface area contributed by atoms with E-state index in [0.29, 0.717) is 21.9 Å². The van der Waals surface area contributed by atoms with E-state index in [1.165, 1.54) is 23.1 Å². The Balaban J connectivity index is 1.24. The summed E-state index contributed by atoms with van der Waals surface area (Å²) < 4.78 is 1.01. The highest BCUT2D eigenvalue weighted by Gasteiger charge is 2.16. The molecule has 0 unspecified atom stereocenters. The zero-order chi connectivity index (χ0) is 27.7. The molecule has 0 spiro atoms. The molecule has 40 heavy (non-hydrogen) atoms. The fourth-order valence-electron chi connectivity index (χ4n) is 3.66. The molecule has 3 N–H and O–H groups in total. The van der Waals surface area contributed by atoms with E-state index in [9.17, 15) is 14.4 Å². The summed E-state index contributed by atoms with van der Waals surface area (Å²) >= 11 is 2.76. The van der Waals surface area contributed by atoms with Crippen LogP contribution in [0.4, 0.5) is 10.8 Å². The molecule has 0 aliphatic carbocycles. The number of amides is 3. The number of rotatable bonds is 9. The standard InChI is InChI=1S/C30H23N5O3S2/c36-27(35-30-34-24-13-4-5-14-26(24)40-30)19-39-23-12-6-11-22(17-23)32-29(38)25(16-20-8-7-15-31-18-20)33-28(37)21-9-2-1-3-10-21/h1-18H,19H2,(H,32,38)(H,33,37)(H,34,35,36)/b25-16-. The van der Waals surface area contributed by atoms with Crippen LogP contribution >= 0.6 is 23.1 Å². The summed E-state index contributed by atoms with van der Waals surface area (Å²) in [6.45, 7) is 0. The number of anilines is 2. The van der Waals surface area contributed by atoms with Gasteiger partial charge in [0, 0.05) is 28.5 Å². The predicted molar refractivity (Wildman–Crippen MR) is 160 cm³/mol. The highest BCUT2D eigenvalue weighted by Crippen LogP contribution is 2.26. The van der Waals surface area contributed by atoms with Gasteiger partial charge >= 0.3 is 0 Å². The van der Waals surface area contributed by atoms with E-state index in [1.54, 1.807) is 73.1 Å². The van der Waals surface area contributed by atoms with Crippen LogP contribution in [0, 0.1) is 0 Å². The zero-order valence-electron chi connectivity index (χ0n) is 21.0. The number of hydrogen-bond donors (Lipinski definition) is 3. The first-order chi connectivity index (χ1) is 19.5. The van der Waals surface area contributed by atoms with Gasteiger partial charge < -0.3 is 16.0 Å². The summed E-state index contributed by atoms with van der Waals surface area (Å²) in [4.78, 5) is 47.9. The van der Waals surface area contributed by atoms with Crippen molar-refractivity contribution in [3.05, 3.63) is 120 Å². The van der Waals surface area contributed by atoms with Crippen molar-refractivity contribution in [3.63, 3.8) is 0 Å². The number of pyridine rings is 1. The quantitative estimate of drug-likeness (QED) is 0.153. The number of nitrogens with one attached hydrogen (secondary N) is 3. The molecular formula is C30H23N5O3S2. The minimum atomic E-state index is -0.496. The zero-order valence-corrected chi connectivity index (χ0v) is 22.7. The number of para-hydroxylation sites is 1. The van der Waals surface area contributed by atoms with Gasteiger partial charge in [-0.3, -0.25) is 19.4 Å². The maximum absolute atomic E-state index is 13.2. The fourth-order valence-corrected chi connectivity index (χ4v) is 5.30. The molecule has 0 saturated heterocycles. The lowest BCUT2D eigenvalue weighted by molar-refractivity contribution is -0.114. The van der Waals surface area contributed by atoms with Crippen LogP contribution < -0.4 is 16.0 Å². The molecule has 10 heteroatoms. The molecular weight excluding hydrogens is 542 g/mol. The summed E-state index contributed by atoms with van der Waals surface area (Å²) in [5.41, 5.74) is 2.51. The van der Waals surface area contributed by atoms with Crippen molar-refractivity contribution in [3.8, 4) is 0 Å². The largest absolute Gasteiger partial charge is 0.321 e. The Morgan fingerprint density at radius 1 is 0.875 bits per heavy atom. The first kappa shape index (κ1) is 26.8. The van der Waals surface area contributed by atoms with E-state index in [-0.39, 0.29) is 17.4 Å². The van der Waals surface area contributed by atoms with E-state index in [4.69, 9.17) is 0 Å². The van der Waals surface area contributed by atoms with Crippen molar-refractivity contribution in [1.82, 2.24) is 15.3 Å². The van der Waals surface area contributed by atoms with E-state index in [0.717, 1.165) is 15.1 Å². The normalized spacial score (nSPS) is 11.2. The minimum Gasteiger partial charge on any atom is -0.321 e. The van der Waals surface area contributed by atoms with Crippen molar-refractivity contribution < 1.29 is 14.4 Å². The molecule has 0 atom stereocenters. The number of thioether (sulfide) groups is 1. The Kier molecular flexibility index (Phi) is 8.60. The summed E-state index contributed by atoms with van der Waals surface area (Å²) in [7, 11) is 0. The molecule has 198 valence electrons. The Labute approximate surface area is 238 Å². The van der Waals surface area contributed by atoms with Crippen LogP contribution in [-0.2, 0) is 9.59 Å². The highest BCUT2D eigenvalue weighted by atomic mass is 32.2. The SMILES string of the molecule is O=C(CSc1cccc(NC(=O)/C(=C/c2cccnc2)NC(=O)c2ccccc2)c1)Nc1nc2ccccc2s1. The molecule has 0 fully saturated rings. The van der Waals surface area contributed by atoms with E-state index >= 15 is 0 Å². The van der Waals surface area contributed by atoms with Gasteiger partial charge in [0.1, 0.15) is 5.70 Å². The van der Waals surface area contributed by atoms with Gasteiger partial charge in [0.15, 0.2) is 5.13 Å². The highest BCUT2D eigenvalue weighted by molar-refractivity contribution is 8.00. The number of carbonyl (C=O) groups excluding carboxylic acids is 3. The Bertz CT molecular complexity index is 1650. The number of nitrogens with zero attached hydrogens (tertiary/aromatic N) is 2. The molecule has 0 radical (unpaired) electrons. The number of hydrogen-bond acceptors (Lipinski definition) is 7. The van der Waals surface area contributed by atoms with Crippen LogP contribution in [0.5, 0.6) is 0 Å². The van der Waals surface area contributed by atoms with Gasteiger partial charge in [-0.1, -0.05) is 53.8 Å². The molecule has 0 bridgehead atoms. The third-order valence-electron chi connectivity index (χ3n) is 5.53. The molecule has 8 nitrogen and oxygen atoms in total. The molecule has 0 aliphatic heterocycles. The van der Waals surface area contributed by atoms with Gasteiger partial charge in [-0.05, 0) is 60.2 Å². The number of thiazole rings is 1. The lowest BCUT2D eigenvalue weighted by atomic mass is 10.2. The molecule has 3 aromatic carbocycles. The number of aromatic nitrogens is 2. The maximum atomic E-state index is 13.2. The summed E-state index contributed by atoms with van der Waals surface area (Å²) in [6, 6.07) is 27.0. The average Bonchev–Trinajstić information content (AvgIpc) is 3.39. The Morgan fingerprint density at radius 3 is 2.50 bits per heavy atom. The number of carbonyl (C=O) groups is 3. The average molecular weight is 566 g/mol. The van der Waals surface area contributed by atoms with Gasteiger partial charge in [-0.25, -0.2) is 4.98 Å². The van der Waals surface area contributed by atoms with Crippen LogP contribution in [0.3, 0.4) is 0 Å². The summed E-state index contributed by atoms with van der Waals surface area (Å²) in [6.07, 6.45) is 4.79. The van der Waals surface area contributed by atoms with Gasteiger partial charge in [-0.2, -0.15) is 0 Å². The smallest absolute Gasteiger partial charge is 0.272 e. The number of benzene rings is 3. The number of fused-ring (bicyclic) bond motifs is 1. The van der Waals surface area contributed by atoms with Crippen molar-refractivity contribution in [1.29, 1.82) is 0 Å². The summed E-state index contributed by atoms with van der Waals surface area (Å²) in [5, 5.41) is 8.94. The van der Waals surface area contributed by atoms with Crippen LogP contribution in [-0.4, -0.2) is 33.4 Å². The van der Waals surface area contributed by atoms with Crippen LogP contribution in [0.25, 0.3) is 16.3 Å². The fraction of sp³-hybridized carbons (Fsp3) is 0.0333. The first-order valence-corrected chi connectivity index (χ1v) is 14.0. The molecule has 2 heterocycles. The van der Waals surface area contributed by atoms with E-state index in [2.05, 4.69) is 25.9 Å². The van der Waals surface area contributed by atoms with Crippen LogP contribution in [0.15, 0.2) is 114 Å². The van der Waals surface area contributed by atoms with E-state index in [1.807, 2.05) is 36.4 Å². The molecule has 0 saturated carbocycles. The molecule has 5 aromatic rings. The third kappa shape index (κ3) is 7.19. The van der Waals surface area contributed by atoms with Crippen molar-refractivity contribution >= 4 is 67.9 Å². The lowest BCUT2D eigenvalue weighted by Gasteiger charge is -2.12. The second kappa shape index (κ2) is 12.8. The van der Waals surface area contributed by atoms with E-state index < -0.39 is 11.8 Å². The third-order valence-corrected chi connectivity index (χ3v) is 7.47. The predicted octanol–water partition coefficient (Wildman–Crippen LogP) is 5.83.